The Balaban J connectivity index is 0.000000321. The van der Waals surface area contributed by atoms with Crippen molar-refractivity contribution >= 4 is 38.1 Å². The van der Waals surface area contributed by atoms with Gasteiger partial charge in [-0.05, 0) is 44.7 Å². The van der Waals surface area contributed by atoms with Crippen molar-refractivity contribution in [2.75, 3.05) is 0 Å². The van der Waals surface area contributed by atoms with Crippen LogP contribution in [0.3, 0.4) is 0 Å². The topological polar surface area (TPSA) is 59.4 Å². The highest BCUT2D eigenvalue weighted by Gasteiger charge is 1.93. The van der Waals surface area contributed by atoms with Crippen LogP contribution >= 0.6 is 31.9 Å². The molecule has 0 bridgehead atoms. The number of hydrogen-bond donors (Lipinski definition) is 0. The molecule has 0 fully saturated rings. The van der Waals surface area contributed by atoms with Gasteiger partial charge in [-0.15, -0.1) is 4.91 Å². The fourth-order valence-corrected chi connectivity index (χ4v) is 1.07. The van der Waals surface area contributed by atoms with Crippen molar-refractivity contribution in [1.82, 2.24) is 4.98 Å². The van der Waals surface area contributed by atoms with E-state index in [9.17, 15) is 9.70 Å². The zero-order chi connectivity index (χ0) is 13.6. The Morgan fingerprint density at radius 3 is 2.50 bits per heavy atom. The van der Waals surface area contributed by atoms with Gasteiger partial charge >= 0.3 is 0 Å². The minimum atomic E-state index is 0.581. The van der Waals surface area contributed by atoms with Crippen LogP contribution in [0.2, 0.25) is 0 Å². The molecule has 0 radical (unpaired) electrons. The molecule has 1 aromatic heterocycles. The molecule has 0 spiro atoms. The lowest BCUT2D eigenvalue weighted by Crippen LogP contribution is -1.82. The maximum Gasteiger partial charge on any atom is 0.152 e. The molecule has 0 saturated heterocycles. The monoisotopic (exact) mass is 366 g/mol. The van der Waals surface area contributed by atoms with Gasteiger partial charge in [-0.25, -0.2) is 4.98 Å². The van der Waals surface area contributed by atoms with E-state index in [0.717, 1.165) is 6.29 Å². The molecule has 1 rings (SSSR count). The summed E-state index contributed by atoms with van der Waals surface area (Å²) in [6.45, 7) is 0. The number of hydrogen-bond acceptors (Lipinski definition) is 4. The van der Waals surface area contributed by atoms with Crippen LogP contribution in [0.5, 0.6) is 0 Å². The lowest BCUT2D eigenvalue weighted by Gasteiger charge is -1.89. The normalized spacial score (nSPS) is 6.56. The Kier molecular flexibility index (Phi) is 10.3. The minimum absolute atomic E-state index is 0.581. The van der Waals surface area contributed by atoms with E-state index < -0.39 is 0 Å². The second kappa shape index (κ2) is 11.5. The molecule has 0 aliphatic rings. The van der Waals surface area contributed by atoms with Gasteiger partial charge < -0.3 is 0 Å². The Labute approximate surface area is 121 Å². The molecule has 18 heavy (non-hydrogen) atoms. The molecular formula is C12H4Br2N2O2. The zero-order valence-electron chi connectivity index (χ0n) is 8.78. The molecule has 1 heterocycles. The van der Waals surface area contributed by atoms with Gasteiger partial charge in [-0.2, -0.15) is 0 Å². The second-order valence-electron chi connectivity index (χ2n) is 2.30. The standard InChI is InChI=1S/C6H4BrNO.C6BrNO/c7-6-5(4-9)2-1-3-8-6;7-5-3-1-2-4-6-8-9/h1-4H;. The minimum Gasteiger partial charge on any atom is -0.298 e. The number of pyridine rings is 1. The largest absolute Gasteiger partial charge is 0.298 e. The maximum absolute atomic E-state index is 10.2. The molecule has 0 aliphatic heterocycles. The molecule has 0 amide bonds. The van der Waals surface area contributed by atoms with Crippen molar-refractivity contribution in [2.24, 2.45) is 5.18 Å². The fourth-order valence-electron chi connectivity index (χ4n) is 0.623. The molecule has 4 nitrogen and oxygen atoms in total. The van der Waals surface area contributed by atoms with Gasteiger partial charge in [0.25, 0.3) is 0 Å². The van der Waals surface area contributed by atoms with Crippen molar-refractivity contribution in [2.45, 2.75) is 0 Å². The van der Waals surface area contributed by atoms with Crippen LogP contribution < -0.4 is 0 Å². The predicted octanol–water partition coefficient (Wildman–Crippen LogP) is 2.73. The van der Waals surface area contributed by atoms with Crippen molar-refractivity contribution < 1.29 is 4.79 Å². The van der Waals surface area contributed by atoms with E-state index in [-0.39, 0.29) is 0 Å². The van der Waals surface area contributed by atoms with Crippen molar-refractivity contribution in [1.29, 1.82) is 0 Å². The third-order valence-corrected chi connectivity index (χ3v) is 2.11. The van der Waals surface area contributed by atoms with Crippen LogP contribution in [0.15, 0.2) is 28.1 Å². The summed E-state index contributed by atoms with van der Waals surface area (Å²) in [7, 11) is 0. The molecule has 0 unspecified atom stereocenters. The van der Waals surface area contributed by atoms with Crippen molar-refractivity contribution in [3.05, 3.63) is 33.4 Å². The highest BCUT2D eigenvalue weighted by Crippen LogP contribution is 2.08. The van der Waals surface area contributed by atoms with Crippen molar-refractivity contribution in [3.63, 3.8) is 0 Å². The van der Waals surface area contributed by atoms with E-state index in [1.165, 1.54) is 0 Å². The van der Waals surface area contributed by atoms with Gasteiger partial charge in [0.05, 0.1) is 6.04 Å². The van der Waals surface area contributed by atoms with Crippen LogP contribution in [0.25, 0.3) is 0 Å². The molecule has 0 atom stereocenters. The molecule has 1 aromatic rings. The first-order valence-corrected chi connectivity index (χ1v) is 5.83. The third-order valence-electron chi connectivity index (χ3n) is 1.25. The van der Waals surface area contributed by atoms with E-state index in [1.54, 1.807) is 18.3 Å². The number of aldehydes is 1. The second-order valence-corrected chi connectivity index (χ2v) is 3.45. The number of carbonyl (C=O) groups is 1. The number of halogens is 2. The lowest BCUT2D eigenvalue weighted by atomic mass is 10.3. The lowest BCUT2D eigenvalue weighted by molar-refractivity contribution is 0.112. The number of rotatable bonds is 1. The predicted molar refractivity (Wildman–Crippen MR) is 75.4 cm³/mol. The quantitative estimate of drug-likeness (QED) is 0.332. The molecule has 6 heteroatoms. The van der Waals surface area contributed by atoms with Gasteiger partial charge in [-0.3, -0.25) is 4.79 Å². The number of carbonyl (C=O) groups excluding carboxylic acids is 1. The summed E-state index contributed by atoms with van der Waals surface area (Å²) in [5.74, 6) is 9.14. The number of nitroso groups, excluding NO2 is 1. The van der Waals surface area contributed by atoms with E-state index in [0.29, 0.717) is 10.2 Å². The zero-order valence-corrected chi connectivity index (χ0v) is 11.9. The van der Waals surface area contributed by atoms with E-state index in [2.05, 4.69) is 70.5 Å². The summed E-state index contributed by atoms with van der Waals surface area (Å²) in [4.78, 5) is 25.7. The summed E-state index contributed by atoms with van der Waals surface area (Å²) < 4.78 is 0.597. The summed E-state index contributed by atoms with van der Waals surface area (Å²) in [5.41, 5.74) is 0.581. The number of nitrogens with zero attached hydrogens (tertiary/aromatic N) is 2. The Morgan fingerprint density at radius 1 is 1.28 bits per heavy atom. The maximum atomic E-state index is 10.2. The van der Waals surface area contributed by atoms with Crippen molar-refractivity contribution in [3.8, 4) is 34.6 Å². The fraction of sp³-hybridized carbons (Fsp3) is 0. The highest BCUT2D eigenvalue weighted by molar-refractivity contribution is 9.12. The summed E-state index contributed by atoms with van der Waals surface area (Å²) in [6, 6.07) is 5.29. The summed E-state index contributed by atoms with van der Waals surface area (Å²) in [6.07, 6.45) is 2.38. The Bertz CT molecular complexity index is 595. The molecule has 0 N–H and O–H groups in total. The van der Waals surface area contributed by atoms with E-state index >= 15 is 0 Å². The van der Waals surface area contributed by atoms with E-state index in [1.807, 2.05) is 6.04 Å². The molecule has 0 aliphatic carbocycles. The number of aromatic nitrogens is 1. The van der Waals surface area contributed by atoms with Gasteiger partial charge in [0.15, 0.2) is 6.29 Å². The van der Waals surface area contributed by atoms with Crippen LogP contribution in [-0.4, -0.2) is 11.3 Å². The molecule has 0 aromatic carbocycles. The highest BCUT2D eigenvalue weighted by atomic mass is 79.9. The molecular weight excluding hydrogens is 364 g/mol. The average molecular weight is 368 g/mol. The average Bonchev–Trinajstić information content (AvgIpc) is 2.40. The smallest absolute Gasteiger partial charge is 0.152 e. The van der Waals surface area contributed by atoms with Crippen LogP contribution in [-0.2, 0) is 0 Å². The van der Waals surface area contributed by atoms with Gasteiger partial charge in [0.1, 0.15) is 4.60 Å². The van der Waals surface area contributed by atoms with Gasteiger partial charge in [0, 0.05) is 44.7 Å². The van der Waals surface area contributed by atoms with Crippen LogP contribution in [0.4, 0.5) is 0 Å². The first-order valence-electron chi connectivity index (χ1n) is 4.25. The van der Waals surface area contributed by atoms with Crippen LogP contribution in [0, 0.1) is 39.5 Å². The third kappa shape index (κ3) is 8.24. The van der Waals surface area contributed by atoms with Crippen LogP contribution in [0.1, 0.15) is 10.4 Å². The first-order chi connectivity index (χ1) is 8.76. The van der Waals surface area contributed by atoms with E-state index in [4.69, 9.17) is 0 Å². The van der Waals surface area contributed by atoms with Gasteiger partial charge in [0.2, 0.25) is 0 Å². The molecule has 88 valence electrons. The Morgan fingerprint density at radius 2 is 2.00 bits per heavy atom. The summed E-state index contributed by atoms with van der Waals surface area (Å²) in [5, 5.41) is 2.26. The molecule has 0 saturated carbocycles. The van der Waals surface area contributed by atoms with Gasteiger partial charge in [-0.1, -0.05) is 0 Å². The summed E-state index contributed by atoms with van der Waals surface area (Å²) >= 11 is 5.94. The SMILES string of the molecule is O=Cc1cccnc1Br.O=NC#CC#CC#CBr. The first kappa shape index (κ1) is 16.1. The Hall–Kier alpha value is -1.94.